The van der Waals surface area contributed by atoms with Crippen LogP contribution in [0, 0.1) is 0 Å². The van der Waals surface area contributed by atoms with Gasteiger partial charge < -0.3 is 11.1 Å². The summed E-state index contributed by atoms with van der Waals surface area (Å²) < 4.78 is 0. The quantitative estimate of drug-likeness (QED) is 0.465. The van der Waals surface area contributed by atoms with Crippen LogP contribution >= 0.6 is 11.6 Å². The van der Waals surface area contributed by atoms with Crippen LogP contribution in [0.3, 0.4) is 0 Å². The molecule has 17 heavy (non-hydrogen) atoms. The lowest BCUT2D eigenvalue weighted by molar-refractivity contribution is -0.121. The standard InChI is InChI=1S/C13H17ClN2O/c1-2-3-4-5-13(17)16-9-10-6-7-11(14)8-12(10)15/h2,6-8H,1,3-5,9,15H2,(H,16,17). The maximum Gasteiger partial charge on any atom is 0.220 e. The molecule has 0 bridgehead atoms. The molecule has 0 aliphatic rings. The molecule has 0 saturated heterocycles. The van der Waals surface area contributed by atoms with Crippen LogP contribution in [0.15, 0.2) is 30.9 Å². The van der Waals surface area contributed by atoms with E-state index in [1.165, 1.54) is 0 Å². The third-order valence-electron chi connectivity index (χ3n) is 2.40. The summed E-state index contributed by atoms with van der Waals surface area (Å²) in [5.74, 6) is 0.0289. The predicted molar refractivity (Wildman–Crippen MR) is 71.8 cm³/mol. The molecule has 0 radical (unpaired) electrons. The molecule has 0 unspecified atom stereocenters. The van der Waals surface area contributed by atoms with Crippen molar-refractivity contribution < 1.29 is 4.79 Å². The highest BCUT2D eigenvalue weighted by Gasteiger charge is 2.03. The number of amides is 1. The smallest absolute Gasteiger partial charge is 0.220 e. The van der Waals surface area contributed by atoms with Gasteiger partial charge in [0.1, 0.15) is 0 Å². The fourth-order valence-corrected chi connectivity index (χ4v) is 1.60. The topological polar surface area (TPSA) is 55.1 Å². The molecular formula is C13H17ClN2O. The molecule has 1 aromatic rings. The van der Waals surface area contributed by atoms with Crippen molar-refractivity contribution in [1.82, 2.24) is 5.32 Å². The number of hydrogen-bond donors (Lipinski definition) is 2. The van der Waals surface area contributed by atoms with Gasteiger partial charge in [-0.3, -0.25) is 4.79 Å². The first-order valence-electron chi connectivity index (χ1n) is 5.55. The lowest BCUT2D eigenvalue weighted by Gasteiger charge is -2.07. The molecule has 0 saturated carbocycles. The van der Waals surface area contributed by atoms with E-state index in [9.17, 15) is 4.79 Å². The minimum absolute atomic E-state index is 0.0289. The van der Waals surface area contributed by atoms with Gasteiger partial charge in [-0.15, -0.1) is 6.58 Å². The highest BCUT2D eigenvalue weighted by Crippen LogP contribution is 2.17. The largest absolute Gasteiger partial charge is 0.398 e. The van der Waals surface area contributed by atoms with E-state index in [1.54, 1.807) is 12.1 Å². The Kier molecular flexibility index (Phi) is 5.57. The van der Waals surface area contributed by atoms with Crippen LogP contribution in [-0.4, -0.2) is 5.91 Å². The second kappa shape index (κ2) is 6.97. The van der Waals surface area contributed by atoms with Crippen molar-refractivity contribution in [1.29, 1.82) is 0 Å². The van der Waals surface area contributed by atoms with E-state index in [4.69, 9.17) is 17.3 Å². The molecule has 3 N–H and O–H groups in total. The summed E-state index contributed by atoms with van der Waals surface area (Å²) in [4.78, 5) is 11.5. The molecule has 1 amide bonds. The minimum atomic E-state index is 0.0289. The SMILES string of the molecule is C=CCCCC(=O)NCc1ccc(Cl)cc1N. The average Bonchev–Trinajstić information content (AvgIpc) is 2.28. The molecule has 0 aliphatic carbocycles. The number of benzene rings is 1. The van der Waals surface area contributed by atoms with Crippen LogP contribution in [-0.2, 0) is 11.3 Å². The summed E-state index contributed by atoms with van der Waals surface area (Å²) in [5.41, 5.74) is 7.26. The fraction of sp³-hybridized carbons (Fsp3) is 0.308. The van der Waals surface area contributed by atoms with Crippen LogP contribution in [0.5, 0.6) is 0 Å². The number of carbonyl (C=O) groups is 1. The van der Waals surface area contributed by atoms with Gasteiger partial charge in [-0.25, -0.2) is 0 Å². The number of nitrogen functional groups attached to an aromatic ring is 1. The molecule has 0 aliphatic heterocycles. The second-order valence-electron chi connectivity index (χ2n) is 3.80. The lowest BCUT2D eigenvalue weighted by Crippen LogP contribution is -2.22. The van der Waals surface area contributed by atoms with Crippen molar-refractivity contribution in [2.24, 2.45) is 0 Å². The van der Waals surface area contributed by atoms with Gasteiger partial charge in [0.05, 0.1) is 0 Å². The van der Waals surface area contributed by atoms with Crippen molar-refractivity contribution in [2.45, 2.75) is 25.8 Å². The highest BCUT2D eigenvalue weighted by atomic mass is 35.5. The monoisotopic (exact) mass is 252 g/mol. The maximum absolute atomic E-state index is 11.5. The zero-order chi connectivity index (χ0) is 12.7. The first-order chi connectivity index (χ1) is 8.13. The molecule has 0 atom stereocenters. The Morgan fingerprint density at radius 2 is 2.29 bits per heavy atom. The molecule has 3 nitrogen and oxygen atoms in total. The summed E-state index contributed by atoms with van der Waals surface area (Å²) in [5, 5.41) is 3.42. The number of carbonyl (C=O) groups excluding carboxylic acids is 1. The summed E-state index contributed by atoms with van der Waals surface area (Å²) in [6.45, 7) is 4.05. The summed E-state index contributed by atoms with van der Waals surface area (Å²) in [6, 6.07) is 5.26. The first-order valence-corrected chi connectivity index (χ1v) is 5.92. The number of halogens is 1. The van der Waals surface area contributed by atoms with Gasteiger partial charge in [0.25, 0.3) is 0 Å². The Bertz CT molecular complexity index is 404. The van der Waals surface area contributed by atoms with E-state index < -0.39 is 0 Å². The van der Waals surface area contributed by atoms with Gasteiger partial charge in [-0.2, -0.15) is 0 Å². The Labute approximate surface area is 107 Å². The third kappa shape index (κ3) is 4.91. The van der Waals surface area contributed by atoms with Gasteiger partial charge in [0.2, 0.25) is 5.91 Å². The lowest BCUT2D eigenvalue weighted by atomic mass is 10.1. The Hall–Kier alpha value is -1.48. The Morgan fingerprint density at radius 3 is 2.94 bits per heavy atom. The average molecular weight is 253 g/mol. The number of hydrogen-bond acceptors (Lipinski definition) is 2. The van der Waals surface area contributed by atoms with E-state index in [0.717, 1.165) is 18.4 Å². The number of allylic oxidation sites excluding steroid dienone is 1. The van der Waals surface area contributed by atoms with Crippen LogP contribution in [0.25, 0.3) is 0 Å². The molecular weight excluding hydrogens is 236 g/mol. The van der Waals surface area contributed by atoms with Crippen LogP contribution in [0.4, 0.5) is 5.69 Å². The number of rotatable bonds is 6. The summed E-state index contributed by atoms with van der Waals surface area (Å²) in [7, 11) is 0. The number of unbranched alkanes of at least 4 members (excludes halogenated alkanes) is 1. The molecule has 0 heterocycles. The molecule has 0 fully saturated rings. The van der Waals surface area contributed by atoms with Crippen molar-refractivity contribution in [2.75, 3.05) is 5.73 Å². The fourth-order valence-electron chi connectivity index (χ4n) is 1.42. The van der Waals surface area contributed by atoms with E-state index in [2.05, 4.69) is 11.9 Å². The highest BCUT2D eigenvalue weighted by molar-refractivity contribution is 6.30. The Morgan fingerprint density at radius 1 is 1.53 bits per heavy atom. The van der Waals surface area contributed by atoms with Gasteiger partial charge in [0.15, 0.2) is 0 Å². The Balaban J connectivity index is 2.39. The second-order valence-corrected chi connectivity index (χ2v) is 4.24. The van der Waals surface area contributed by atoms with Crippen molar-refractivity contribution in [3.63, 3.8) is 0 Å². The van der Waals surface area contributed by atoms with E-state index in [-0.39, 0.29) is 5.91 Å². The molecule has 0 aromatic heterocycles. The molecule has 92 valence electrons. The van der Waals surface area contributed by atoms with Gasteiger partial charge >= 0.3 is 0 Å². The van der Waals surface area contributed by atoms with E-state index in [1.807, 2.05) is 12.1 Å². The van der Waals surface area contributed by atoms with Crippen LogP contribution < -0.4 is 11.1 Å². The van der Waals surface area contributed by atoms with Gasteiger partial charge in [-0.1, -0.05) is 23.7 Å². The van der Waals surface area contributed by atoms with Crippen molar-refractivity contribution in [3.05, 3.63) is 41.4 Å². The third-order valence-corrected chi connectivity index (χ3v) is 2.63. The van der Waals surface area contributed by atoms with Crippen molar-refractivity contribution >= 4 is 23.2 Å². The minimum Gasteiger partial charge on any atom is -0.398 e. The van der Waals surface area contributed by atoms with E-state index in [0.29, 0.717) is 23.7 Å². The molecule has 4 heteroatoms. The maximum atomic E-state index is 11.5. The summed E-state index contributed by atoms with van der Waals surface area (Å²) >= 11 is 5.79. The number of nitrogens with one attached hydrogen (secondary N) is 1. The molecule has 1 aromatic carbocycles. The molecule has 1 rings (SSSR count). The zero-order valence-corrected chi connectivity index (χ0v) is 10.5. The van der Waals surface area contributed by atoms with Crippen molar-refractivity contribution in [3.8, 4) is 0 Å². The zero-order valence-electron chi connectivity index (χ0n) is 9.71. The number of anilines is 1. The van der Waals surface area contributed by atoms with Gasteiger partial charge in [-0.05, 0) is 30.5 Å². The van der Waals surface area contributed by atoms with Crippen LogP contribution in [0.1, 0.15) is 24.8 Å². The van der Waals surface area contributed by atoms with E-state index >= 15 is 0 Å². The first kappa shape index (κ1) is 13.6. The molecule has 0 spiro atoms. The normalized spacial score (nSPS) is 9.94. The number of nitrogens with two attached hydrogens (primary N) is 1. The van der Waals surface area contributed by atoms with Crippen LogP contribution in [0.2, 0.25) is 5.02 Å². The predicted octanol–water partition coefficient (Wildman–Crippen LogP) is 2.89. The van der Waals surface area contributed by atoms with Gasteiger partial charge in [0, 0.05) is 23.7 Å². The summed E-state index contributed by atoms with van der Waals surface area (Å²) in [6.07, 6.45) is 4.01.